The number of aromatic nitrogens is 1. The fourth-order valence-corrected chi connectivity index (χ4v) is 2.67. The molecule has 102 valence electrons. The van der Waals surface area contributed by atoms with E-state index in [1.807, 2.05) is 6.07 Å². The lowest BCUT2D eigenvalue weighted by Gasteiger charge is -2.16. The topological polar surface area (TPSA) is 48.7 Å². The average Bonchev–Trinajstić information content (AvgIpc) is 2.85. The molecule has 1 atom stereocenters. The summed E-state index contributed by atoms with van der Waals surface area (Å²) in [6.45, 7) is 4.39. The molecule has 1 unspecified atom stereocenters. The van der Waals surface area contributed by atoms with Gasteiger partial charge in [-0.2, -0.15) is 5.26 Å². The smallest absolute Gasteiger partial charge is 0.144 e. The molecule has 0 bridgehead atoms. The molecule has 0 spiro atoms. The molecular formula is C16H23N3. The largest absolute Gasteiger partial charge is 0.367 e. The fraction of sp³-hybridized carbons (Fsp3) is 0.625. The third kappa shape index (κ3) is 3.47. The van der Waals surface area contributed by atoms with E-state index in [0.717, 1.165) is 25.1 Å². The molecule has 3 heteroatoms. The first-order valence-electron chi connectivity index (χ1n) is 7.44. The summed E-state index contributed by atoms with van der Waals surface area (Å²) in [7, 11) is 0. The zero-order valence-corrected chi connectivity index (χ0v) is 12.0. The zero-order chi connectivity index (χ0) is 13.7. The number of pyridine rings is 1. The maximum atomic E-state index is 9.25. The maximum absolute atomic E-state index is 9.25. The monoisotopic (exact) mass is 257 g/mol. The third-order valence-corrected chi connectivity index (χ3v) is 3.80. The van der Waals surface area contributed by atoms with Crippen LogP contribution in [0, 0.1) is 11.3 Å². The van der Waals surface area contributed by atoms with Crippen LogP contribution >= 0.6 is 0 Å². The van der Waals surface area contributed by atoms with Gasteiger partial charge in [-0.1, -0.05) is 26.2 Å². The highest BCUT2D eigenvalue weighted by Crippen LogP contribution is 2.25. The van der Waals surface area contributed by atoms with Gasteiger partial charge in [-0.15, -0.1) is 0 Å². The summed E-state index contributed by atoms with van der Waals surface area (Å²) >= 11 is 0. The number of unbranched alkanes of at least 4 members (excludes halogenated alkanes) is 2. The second kappa shape index (κ2) is 6.56. The molecule has 0 radical (unpaired) electrons. The van der Waals surface area contributed by atoms with E-state index in [2.05, 4.69) is 30.2 Å². The van der Waals surface area contributed by atoms with Gasteiger partial charge in [0.2, 0.25) is 0 Å². The van der Waals surface area contributed by atoms with E-state index in [0.29, 0.717) is 11.6 Å². The molecule has 0 saturated carbocycles. The van der Waals surface area contributed by atoms with Crippen LogP contribution in [0.15, 0.2) is 6.07 Å². The Bertz CT molecular complexity index is 474. The summed E-state index contributed by atoms with van der Waals surface area (Å²) in [4.78, 5) is 4.66. The van der Waals surface area contributed by atoms with Crippen LogP contribution in [0.4, 0.5) is 5.82 Å². The molecule has 1 aromatic heterocycles. The highest BCUT2D eigenvalue weighted by atomic mass is 15.0. The molecule has 19 heavy (non-hydrogen) atoms. The van der Waals surface area contributed by atoms with Crippen molar-refractivity contribution in [2.45, 2.75) is 64.8 Å². The van der Waals surface area contributed by atoms with Crippen molar-refractivity contribution in [2.24, 2.45) is 0 Å². The summed E-state index contributed by atoms with van der Waals surface area (Å²) in [5.41, 5.74) is 3.14. The van der Waals surface area contributed by atoms with Crippen molar-refractivity contribution in [3.8, 4) is 6.07 Å². The van der Waals surface area contributed by atoms with E-state index in [9.17, 15) is 5.26 Å². The van der Waals surface area contributed by atoms with Gasteiger partial charge >= 0.3 is 0 Å². The summed E-state index contributed by atoms with van der Waals surface area (Å²) in [5.74, 6) is 0.784. The van der Waals surface area contributed by atoms with Gasteiger partial charge in [0.05, 0.1) is 5.56 Å². The number of fused-ring (bicyclic) bond motifs is 1. The molecule has 0 amide bonds. The second-order valence-electron chi connectivity index (χ2n) is 5.50. The molecule has 0 fully saturated rings. The molecule has 0 saturated heterocycles. The number of nitrogens with zero attached hydrogens (tertiary/aromatic N) is 2. The lowest BCUT2D eigenvalue weighted by Crippen LogP contribution is -2.17. The van der Waals surface area contributed by atoms with Gasteiger partial charge in [0, 0.05) is 11.7 Å². The van der Waals surface area contributed by atoms with Gasteiger partial charge in [-0.3, -0.25) is 0 Å². The Hall–Kier alpha value is -1.56. The lowest BCUT2D eigenvalue weighted by molar-refractivity contribution is 0.613. The van der Waals surface area contributed by atoms with Crippen molar-refractivity contribution in [3.05, 3.63) is 22.9 Å². The summed E-state index contributed by atoms with van der Waals surface area (Å²) in [5, 5.41) is 12.7. The highest BCUT2D eigenvalue weighted by molar-refractivity contribution is 5.55. The Morgan fingerprint density at radius 3 is 3.00 bits per heavy atom. The van der Waals surface area contributed by atoms with Gasteiger partial charge < -0.3 is 5.32 Å². The number of hydrogen-bond donors (Lipinski definition) is 1. The van der Waals surface area contributed by atoms with Crippen molar-refractivity contribution >= 4 is 5.82 Å². The first-order chi connectivity index (χ1) is 9.24. The van der Waals surface area contributed by atoms with Gasteiger partial charge in [-0.05, 0) is 44.2 Å². The van der Waals surface area contributed by atoms with Crippen molar-refractivity contribution in [1.82, 2.24) is 4.98 Å². The van der Waals surface area contributed by atoms with E-state index in [1.165, 1.54) is 36.9 Å². The van der Waals surface area contributed by atoms with Crippen LogP contribution in [0.2, 0.25) is 0 Å². The number of hydrogen-bond acceptors (Lipinski definition) is 3. The summed E-state index contributed by atoms with van der Waals surface area (Å²) < 4.78 is 0. The second-order valence-corrected chi connectivity index (χ2v) is 5.50. The van der Waals surface area contributed by atoms with E-state index >= 15 is 0 Å². The minimum atomic E-state index is 0.380. The minimum absolute atomic E-state index is 0.380. The van der Waals surface area contributed by atoms with E-state index < -0.39 is 0 Å². The first-order valence-corrected chi connectivity index (χ1v) is 7.44. The van der Waals surface area contributed by atoms with Crippen LogP contribution < -0.4 is 5.32 Å². The van der Waals surface area contributed by atoms with E-state index in [1.54, 1.807) is 0 Å². The summed E-state index contributed by atoms with van der Waals surface area (Å²) in [6, 6.07) is 4.68. The van der Waals surface area contributed by atoms with Gasteiger partial charge in [0.25, 0.3) is 0 Å². The molecule has 0 aromatic carbocycles. The van der Waals surface area contributed by atoms with Crippen LogP contribution in [-0.4, -0.2) is 11.0 Å². The zero-order valence-electron chi connectivity index (χ0n) is 12.0. The Morgan fingerprint density at radius 1 is 1.42 bits per heavy atom. The average molecular weight is 257 g/mol. The number of nitrogens with one attached hydrogen (secondary N) is 1. The van der Waals surface area contributed by atoms with Crippen molar-refractivity contribution < 1.29 is 0 Å². The molecule has 0 aliphatic heterocycles. The molecule has 1 aliphatic carbocycles. The SMILES string of the molecule is CCCCCC(C)Nc1nc2c(cc1C#N)CCC2. The number of anilines is 1. The molecule has 1 aliphatic rings. The Morgan fingerprint density at radius 2 is 2.26 bits per heavy atom. The normalized spacial score (nSPS) is 14.8. The predicted octanol–water partition coefficient (Wildman–Crippen LogP) is 3.82. The summed E-state index contributed by atoms with van der Waals surface area (Å²) in [6.07, 6.45) is 8.18. The molecular weight excluding hydrogens is 234 g/mol. The predicted molar refractivity (Wildman–Crippen MR) is 78.2 cm³/mol. The fourth-order valence-electron chi connectivity index (χ4n) is 2.67. The molecule has 3 nitrogen and oxygen atoms in total. The number of nitriles is 1. The van der Waals surface area contributed by atoms with Crippen LogP contribution in [0.1, 0.15) is 62.8 Å². The Kier molecular flexibility index (Phi) is 4.79. The van der Waals surface area contributed by atoms with Gasteiger partial charge in [0.1, 0.15) is 11.9 Å². The van der Waals surface area contributed by atoms with Crippen LogP contribution in [0.25, 0.3) is 0 Å². The van der Waals surface area contributed by atoms with Crippen LogP contribution in [0.5, 0.6) is 0 Å². The number of rotatable bonds is 6. The molecule has 2 rings (SSSR count). The van der Waals surface area contributed by atoms with E-state index in [-0.39, 0.29) is 0 Å². The Labute approximate surface area is 116 Å². The standard InChI is InChI=1S/C16H23N3/c1-3-4-5-7-12(2)18-16-14(11-17)10-13-8-6-9-15(13)19-16/h10,12H,3-9H2,1-2H3,(H,18,19). The molecule has 1 N–H and O–H groups in total. The lowest BCUT2D eigenvalue weighted by atomic mass is 10.1. The molecule has 1 heterocycles. The third-order valence-electron chi connectivity index (χ3n) is 3.80. The number of aryl methyl sites for hydroxylation is 2. The van der Waals surface area contributed by atoms with Gasteiger partial charge in [-0.25, -0.2) is 4.98 Å². The van der Waals surface area contributed by atoms with Gasteiger partial charge in [0.15, 0.2) is 0 Å². The van der Waals surface area contributed by atoms with Crippen molar-refractivity contribution in [1.29, 1.82) is 5.26 Å². The van der Waals surface area contributed by atoms with E-state index in [4.69, 9.17) is 0 Å². The minimum Gasteiger partial charge on any atom is -0.367 e. The quantitative estimate of drug-likeness (QED) is 0.788. The maximum Gasteiger partial charge on any atom is 0.144 e. The molecule has 1 aromatic rings. The van der Waals surface area contributed by atoms with Crippen molar-refractivity contribution in [2.75, 3.05) is 5.32 Å². The van der Waals surface area contributed by atoms with Crippen LogP contribution in [-0.2, 0) is 12.8 Å². The Balaban J connectivity index is 2.05. The first kappa shape index (κ1) is 13.9. The van der Waals surface area contributed by atoms with Crippen molar-refractivity contribution in [3.63, 3.8) is 0 Å². The van der Waals surface area contributed by atoms with Crippen LogP contribution in [0.3, 0.4) is 0 Å². The highest BCUT2D eigenvalue weighted by Gasteiger charge is 2.17.